The van der Waals surface area contributed by atoms with Crippen LogP contribution in [0, 0.1) is 6.92 Å². The van der Waals surface area contributed by atoms with Crippen molar-refractivity contribution in [3.8, 4) is 10.6 Å². The van der Waals surface area contributed by atoms with E-state index in [1.807, 2.05) is 50.4 Å². The molecule has 1 saturated heterocycles. The van der Waals surface area contributed by atoms with Crippen molar-refractivity contribution in [2.24, 2.45) is 0 Å². The normalized spacial score (nSPS) is 15.6. The largest absolute Gasteiger partial charge is 0.458 e. The third-order valence-corrected chi connectivity index (χ3v) is 5.91. The Balaban J connectivity index is 1.57. The van der Waals surface area contributed by atoms with E-state index in [0.717, 1.165) is 15.5 Å². The van der Waals surface area contributed by atoms with Crippen molar-refractivity contribution < 1.29 is 19.1 Å². The van der Waals surface area contributed by atoms with Gasteiger partial charge in [0, 0.05) is 10.9 Å². The molecule has 1 aromatic heterocycles. The number of imide groups is 1. The van der Waals surface area contributed by atoms with E-state index in [0.29, 0.717) is 18.5 Å². The molecule has 0 saturated carbocycles. The van der Waals surface area contributed by atoms with Crippen LogP contribution < -0.4 is 5.32 Å². The van der Waals surface area contributed by atoms with Crippen LogP contribution in [-0.4, -0.2) is 39.9 Å². The summed E-state index contributed by atoms with van der Waals surface area (Å²) in [5.41, 5.74) is 1.88. The molecule has 2 aromatic rings. The number of thiazole rings is 1. The summed E-state index contributed by atoms with van der Waals surface area (Å²) in [6.07, 6.45) is 0.945. The molecule has 148 valence electrons. The number of aryl methyl sites for hydroxylation is 1. The molecule has 0 aliphatic carbocycles. The minimum Gasteiger partial charge on any atom is -0.458 e. The third-order valence-electron chi connectivity index (χ3n) is 4.97. The van der Waals surface area contributed by atoms with Crippen LogP contribution in [0.3, 0.4) is 0 Å². The number of carbonyl (C=O) groups excluding carboxylic acids is 3. The van der Waals surface area contributed by atoms with Crippen LogP contribution >= 0.6 is 11.3 Å². The fourth-order valence-corrected chi connectivity index (χ4v) is 3.89. The van der Waals surface area contributed by atoms with Crippen LogP contribution in [-0.2, 0) is 20.9 Å². The Hall–Kier alpha value is -2.74. The third kappa shape index (κ3) is 3.91. The number of urea groups is 1. The van der Waals surface area contributed by atoms with Gasteiger partial charge in [0.2, 0.25) is 0 Å². The van der Waals surface area contributed by atoms with Crippen LogP contribution in [0.4, 0.5) is 4.79 Å². The molecule has 1 fully saturated rings. The monoisotopic (exact) mass is 401 g/mol. The molecular formula is C20H23N3O4S. The number of hydrogen-bond donors (Lipinski definition) is 1. The quantitative estimate of drug-likeness (QED) is 0.568. The molecular weight excluding hydrogens is 378 g/mol. The predicted molar refractivity (Wildman–Crippen MR) is 106 cm³/mol. The Morgan fingerprint density at radius 1 is 1.21 bits per heavy atom. The van der Waals surface area contributed by atoms with Gasteiger partial charge in [0.1, 0.15) is 23.7 Å². The van der Waals surface area contributed by atoms with Gasteiger partial charge in [0.05, 0.1) is 5.69 Å². The maximum Gasteiger partial charge on any atom is 0.326 e. The Bertz CT molecular complexity index is 887. The average Bonchev–Trinajstić information content (AvgIpc) is 3.25. The molecule has 28 heavy (non-hydrogen) atoms. The number of aromatic nitrogens is 1. The smallest absolute Gasteiger partial charge is 0.326 e. The number of rotatable bonds is 7. The van der Waals surface area contributed by atoms with Crippen LogP contribution in [0.2, 0.25) is 0 Å². The minimum absolute atomic E-state index is 0.00244. The van der Waals surface area contributed by atoms with Gasteiger partial charge < -0.3 is 10.1 Å². The molecule has 1 aliphatic heterocycles. The minimum atomic E-state index is -0.921. The molecule has 0 radical (unpaired) electrons. The molecule has 0 spiro atoms. The molecule has 2 heterocycles. The zero-order chi connectivity index (χ0) is 20.3. The second-order valence-corrected chi connectivity index (χ2v) is 7.64. The highest BCUT2D eigenvalue weighted by Crippen LogP contribution is 2.26. The highest BCUT2D eigenvalue weighted by molar-refractivity contribution is 7.13. The molecule has 0 bridgehead atoms. The average molecular weight is 401 g/mol. The van der Waals surface area contributed by atoms with Gasteiger partial charge in [-0.25, -0.2) is 9.78 Å². The molecule has 1 N–H and O–H groups in total. The van der Waals surface area contributed by atoms with Crippen molar-refractivity contribution in [3.63, 3.8) is 0 Å². The lowest BCUT2D eigenvalue weighted by molar-refractivity contribution is -0.149. The summed E-state index contributed by atoms with van der Waals surface area (Å²) in [6.45, 7) is 5.28. The standard InChI is InChI=1S/C20H23N3O4S/c1-4-20(5-2)18(25)23(19(26)22-20)10-16(24)27-11-15-12-28-17(21-15)14-8-6-13(3)7-9-14/h6-9,12H,4-5,10-11H2,1-3H3,(H,22,26). The first-order valence-electron chi connectivity index (χ1n) is 9.19. The van der Waals surface area contributed by atoms with Crippen LogP contribution in [0.15, 0.2) is 29.6 Å². The molecule has 3 amide bonds. The van der Waals surface area contributed by atoms with Gasteiger partial charge >= 0.3 is 12.0 Å². The van der Waals surface area contributed by atoms with Crippen LogP contribution in [0.5, 0.6) is 0 Å². The second kappa shape index (κ2) is 8.10. The van der Waals surface area contributed by atoms with Crippen molar-refractivity contribution in [2.75, 3.05) is 6.54 Å². The number of hydrogen-bond acceptors (Lipinski definition) is 6. The second-order valence-electron chi connectivity index (χ2n) is 6.78. The van der Waals surface area contributed by atoms with E-state index in [2.05, 4.69) is 10.3 Å². The molecule has 8 heteroatoms. The van der Waals surface area contributed by atoms with E-state index in [1.165, 1.54) is 16.9 Å². The van der Waals surface area contributed by atoms with Gasteiger partial charge in [-0.1, -0.05) is 43.7 Å². The summed E-state index contributed by atoms with van der Waals surface area (Å²) in [5.74, 6) is -1.02. The van der Waals surface area contributed by atoms with E-state index in [-0.39, 0.29) is 12.5 Å². The van der Waals surface area contributed by atoms with Gasteiger partial charge in [-0.3, -0.25) is 14.5 Å². The topological polar surface area (TPSA) is 88.6 Å². The number of ether oxygens (including phenoxy) is 1. The highest BCUT2D eigenvalue weighted by atomic mass is 32.1. The fraction of sp³-hybridized carbons (Fsp3) is 0.400. The Labute approximate surface area is 167 Å². The van der Waals surface area contributed by atoms with Crippen molar-refractivity contribution >= 4 is 29.2 Å². The zero-order valence-electron chi connectivity index (χ0n) is 16.2. The van der Waals surface area contributed by atoms with E-state index in [4.69, 9.17) is 4.74 Å². The van der Waals surface area contributed by atoms with Crippen molar-refractivity contribution in [2.45, 2.75) is 45.8 Å². The number of nitrogens with zero attached hydrogens (tertiary/aromatic N) is 2. The SMILES string of the molecule is CCC1(CC)NC(=O)N(CC(=O)OCc2csc(-c3ccc(C)cc3)n2)C1=O. The highest BCUT2D eigenvalue weighted by Gasteiger charge is 2.49. The maximum absolute atomic E-state index is 12.5. The van der Waals surface area contributed by atoms with Gasteiger partial charge in [-0.05, 0) is 19.8 Å². The number of esters is 1. The van der Waals surface area contributed by atoms with E-state index in [1.54, 1.807) is 0 Å². The summed E-state index contributed by atoms with van der Waals surface area (Å²) >= 11 is 1.47. The summed E-state index contributed by atoms with van der Waals surface area (Å²) < 4.78 is 5.22. The summed E-state index contributed by atoms with van der Waals surface area (Å²) in [6, 6.07) is 7.47. The molecule has 0 unspecified atom stereocenters. The van der Waals surface area contributed by atoms with Crippen LogP contribution in [0.1, 0.15) is 37.9 Å². The van der Waals surface area contributed by atoms with Crippen molar-refractivity contribution in [3.05, 3.63) is 40.9 Å². The first-order chi connectivity index (χ1) is 13.4. The predicted octanol–water partition coefficient (Wildman–Crippen LogP) is 3.27. The van der Waals surface area contributed by atoms with Crippen molar-refractivity contribution in [1.29, 1.82) is 0 Å². The van der Waals surface area contributed by atoms with E-state index < -0.39 is 24.1 Å². The summed E-state index contributed by atoms with van der Waals surface area (Å²) in [5, 5.41) is 5.36. The van der Waals surface area contributed by atoms with Gasteiger partial charge in [0.25, 0.3) is 5.91 Å². The Morgan fingerprint density at radius 3 is 2.50 bits per heavy atom. The maximum atomic E-state index is 12.5. The number of amides is 3. The molecule has 3 rings (SSSR count). The first kappa shape index (κ1) is 20.0. The Morgan fingerprint density at radius 2 is 1.89 bits per heavy atom. The summed E-state index contributed by atoms with van der Waals surface area (Å²) in [7, 11) is 0. The van der Waals surface area contributed by atoms with Gasteiger partial charge in [-0.15, -0.1) is 11.3 Å². The Kier molecular flexibility index (Phi) is 5.79. The number of benzene rings is 1. The fourth-order valence-electron chi connectivity index (χ4n) is 3.08. The van der Waals surface area contributed by atoms with E-state index in [9.17, 15) is 14.4 Å². The molecule has 1 aliphatic rings. The molecule has 7 nitrogen and oxygen atoms in total. The first-order valence-corrected chi connectivity index (χ1v) is 10.1. The lowest BCUT2D eigenvalue weighted by Gasteiger charge is -2.22. The van der Waals surface area contributed by atoms with Crippen LogP contribution in [0.25, 0.3) is 10.6 Å². The summed E-state index contributed by atoms with van der Waals surface area (Å²) in [4.78, 5) is 42.2. The van der Waals surface area contributed by atoms with Crippen molar-refractivity contribution in [1.82, 2.24) is 15.2 Å². The zero-order valence-corrected chi connectivity index (χ0v) is 17.0. The van der Waals surface area contributed by atoms with E-state index >= 15 is 0 Å². The molecule has 0 atom stereocenters. The number of nitrogens with one attached hydrogen (secondary N) is 1. The molecule has 1 aromatic carbocycles. The number of carbonyl (C=O) groups is 3. The lowest BCUT2D eigenvalue weighted by atomic mass is 9.93. The van der Waals surface area contributed by atoms with Gasteiger partial charge in [0.15, 0.2) is 0 Å². The van der Waals surface area contributed by atoms with Gasteiger partial charge in [-0.2, -0.15) is 0 Å². The lowest BCUT2D eigenvalue weighted by Crippen LogP contribution is -2.46.